The van der Waals surface area contributed by atoms with Gasteiger partial charge < -0.3 is 16.0 Å². The summed E-state index contributed by atoms with van der Waals surface area (Å²) in [4.78, 5) is 13.9. The van der Waals surface area contributed by atoms with E-state index in [1.54, 1.807) is 0 Å². The fraction of sp³-hybridized carbons (Fsp3) is 0.500. The van der Waals surface area contributed by atoms with E-state index >= 15 is 0 Å². The molecule has 1 aromatic carbocycles. The largest absolute Gasteiger partial charge is 0.322 e. The van der Waals surface area contributed by atoms with Crippen LogP contribution in [0.15, 0.2) is 24.3 Å². The molecule has 4 heteroatoms. The highest BCUT2D eigenvalue weighted by molar-refractivity contribution is 5.97. The third-order valence-electron chi connectivity index (χ3n) is 4.26. The Bertz CT molecular complexity index is 466. The highest BCUT2D eigenvalue weighted by Crippen LogP contribution is 2.45. The first-order chi connectivity index (χ1) is 8.77. The van der Waals surface area contributed by atoms with Gasteiger partial charge in [0.25, 0.3) is 0 Å². The molecule has 2 heterocycles. The molecule has 2 aliphatic heterocycles. The van der Waals surface area contributed by atoms with E-state index in [4.69, 9.17) is 5.73 Å². The Hall–Kier alpha value is -1.39. The molecular formula is C14H19N3O. The third kappa shape index (κ3) is 1.64. The first-order valence-electron chi connectivity index (χ1n) is 6.57. The molecule has 0 atom stereocenters. The first kappa shape index (κ1) is 11.7. The van der Waals surface area contributed by atoms with E-state index in [2.05, 4.69) is 17.4 Å². The zero-order valence-corrected chi connectivity index (χ0v) is 10.5. The van der Waals surface area contributed by atoms with Gasteiger partial charge in [0, 0.05) is 17.6 Å². The molecule has 4 nitrogen and oxygen atoms in total. The molecule has 0 unspecified atom stereocenters. The third-order valence-corrected chi connectivity index (χ3v) is 4.26. The van der Waals surface area contributed by atoms with Crippen LogP contribution in [0.4, 0.5) is 5.69 Å². The van der Waals surface area contributed by atoms with Crippen LogP contribution in [0.25, 0.3) is 0 Å². The van der Waals surface area contributed by atoms with E-state index in [0.717, 1.165) is 38.2 Å². The number of benzene rings is 1. The molecule has 1 spiro atoms. The normalized spacial score (nSPS) is 21.1. The van der Waals surface area contributed by atoms with Crippen molar-refractivity contribution >= 4 is 11.6 Å². The van der Waals surface area contributed by atoms with Gasteiger partial charge in [-0.1, -0.05) is 18.2 Å². The Kier molecular flexibility index (Phi) is 2.84. The number of fused-ring (bicyclic) bond motifs is 2. The maximum atomic E-state index is 12.0. The van der Waals surface area contributed by atoms with Gasteiger partial charge in [-0.25, -0.2) is 0 Å². The predicted octanol–water partition coefficient (Wildman–Crippen LogP) is 0.613. The minimum Gasteiger partial charge on any atom is -0.322 e. The molecule has 0 bridgehead atoms. The van der Waals surface area contributed by atoms with Crippen molar-refractivity contribution in [1.29, 1.82) is 0 Å². The number of anilines is 1. The van der Waals surface area contributed by atoms with Gasteiger partial charge in [0.05, 0.1) is 6.54 Å². The van der Waals surface area contributed by atoms with Crippen molar-refractivity contribution < 1.29 is 4.79 Å². The van der Waals surface area contributed by atoms with Gasteiger partial charge in [-0.3, -0.25) is 4.79 Å². The molecule has 0 aliphatic carbocycles. The Morgan fingerprint density at radius 1 is 1.33 bits per heavy atom. The van der Waals surface area contributed by atoms with Crippen LogP contribution in [0.3, 0.4) is 0 Å². The second kappa shape index (κ2) is 4.37. The van der Waals surface area contributed by atoms with Crippen LogP contribution in [0.1, 0.15) is 18.4 Å². The standard InChI is InChI=1S/C14H19N3O/c15-9-13(18)17-10-14(5-7-16-8-6-14)11-3-1-2-4-12(11)17/h1-4,16H,5-10,15H2. The molecule has 3 N–H and O–H groups in total. The SMILES string of the molecule is NCC(=O)N1CC2(CCNCC2)c2ccccc21. The highest BCUT2D eigenvalue weighted by Gasteiger charge is 2.44. The zero-order valence-electron chi connectivity index (χ0n) is 10.5. The summed E-state index contributed by atoms with van der Waals surface area (Å²) in [6.45, 7) is 2.94. The number of nitrogens with zero attached hydrogens (tertiary/aromatic N) is 1. The van der Waals surface area contributed by atoms with Crippen molar-refractivity contribution in [3.63, 3.8) is 0 Å². The van der Waals surface area contributed by atoms with Gasteiger partial charge >= 0.3 is 0 Å². The van der Waals surface area contributed by atoms with Crippen molar-refractivity contribution in [1.82, 2.24) is 5.32 Å². The molecular weight excluding hydrogens is 226 g/mol. The Morgan fingerprint density at radius 2 is 2.06 bits per heavy atom. The minimum atomic E-state index is 0.0258. The average Bonchev–Trinajstić information content (AvgIpc) is 2.74. The summed E-state index contributed by atoms with van der Waals surface area (Å²) in [6, 6.07) is 8.28. The molecule has 0 radical (unpaired) electrons. The molecule has 3 rings (SSSR count). The summed E-state index contributed by atoms with van der Waals surface area (Å²) in [5.74, 6) is 0.0258. The lowest BCUT2D eigenvalue weighted by Gasteiger charge is -2.34. The summed E-state index contributed by atoms with van der Waals surface area (Å²) >= 11 is 0. The molecule has 1 amide bonds. The number of para-hydroxylation sites is 1. The number of nitrogens with one attached hydrogen (secondary N) is 1. The van der Waals surface area contributed by atoms with Gasteiger partial charge in [0.15, 0.2) is 0 Å². The van der Waals surface area contributed by atoms with Crippen LogP contribution in [0.2, 0.25) is 0 Å². The number of rotatable bonds is 1. The maximum Gasteiger partial charge on any atom is 0.240 e. The average molecular weight is 245 g/mol. The Labute approximate surface area is 107 Å². The fourth-order valence-corrected chi connectivity index (χ4v) is 3.30. The number of hydrogen-bond donors (Lipinski definition) is 2. The van der Waals surface area contributed by atoms with Crippen molar-refractivity contribution in [3.05, 3.63) is 29.8 Å². The molecule has 96 valence electrons. The van der Waals surface area contributed by atoms with E-state index in [1.165, 1.54) is 5.56 Å². The monoisotopic (exact) mass is 245 g/mol. The second-order valence-electron chi connectivity index (χ2n) is 5.23. The maximum absolute atomic E-state index is 12.0. The fourth-order valence-electron chi connectivity index (χ4n) is 3.30. The summed E-state index contributed by atoms with van der Waals surface area (Å²) < 4.78 is 0. The molecule has 0 saturated carbocycles. The van der Waals surface area contributed by atoms with Gasteiger partial charge in [-0.15, -0.1) is 0 Å². The molecule has 2 aliphatic rings. The summed E-state index contributed by atoms with van der Waals surface area (Å²) in [5.41, 5.74) is 8.06. The van der Waals surface area contributed by atoms with Crippen LogP contribution in [0, 0.1) is 0 Å². The van der Waals surface area contributed by atoms with Crippen LogP contribution in [0.5, 0.6) is 0 Å². The summed E-state index contributed by atoms with van der Waals surface area (Å²) in [5, 5.41) is 3.40. The summed E-state index contributed by atoms with van der Waals surface area (Å²) in [7, 11) is 0. The van der Waals surface area contributed by atoms with E-state index in [9.17, 15) is 4.79 Å². The highest BCUT2D eigenvalue weighted by atomic mass is 16.2. The smallest absolute Gasteiger partial charge is 0.240 e. The van der Waals surface area contributed by atoms with Crippen LogP contribution < -0.4 is 16.0 Å². The van der Waals surface area contributed by atoms with Crippen molar-refractivity contribution in [3.8, 4) is 0 Å². The lowest BCUT2D eigenvalue weighted by molar-refractivity contribution is -0.117. The van der Waals surface area contributed by atoms with E-state index in [-0.39, 0.29) is 17.9 Å². The lowest BCUT2D eigenvalue weighted by Crippen LogP contribution is -2.45. The topological polar surface area (TPSA) is 58.4 Å². The predicted molar refractivity (Wildman–Crippen MR) is 71.6 cm³/mol. The van der Waals surface area contributed by atoms with E-state index in [0.29, 0.717) is 0 Å². The second-order valence-corrected chi connectivity index (χ2v) is 5.23. The number of hydrogen-bond acceptors (Lipinski definition) is 3. The molecule has 18 heavy (non-hydrogen) atoms. The van der Waals surface area contributed by atoms with Crippen LogP contribution >= 0.6 is 0 Å². The summed E-state index contributed by atoms with van der Waals surface area (Å²) in [6.07, 6.45) is 2.19. The number of carbonyl (C=O) groups is 1. The van der Waals surface area contributed by atoms with E-state index < -0.39 is 0 Å². The lowest BCUT2D eigenvalue weighted by atomic mass is 9.75. The number of nitrogens with two attached hydrogens (primary N) is 1. The zero-order chi connectivity index (χ0) is 12.6. The van der Waals surface area contributed by atoms with Gasteiger partial charge in [0.1, 0.15) is 0 Å². The molecule has 1 aromatic rings. The van der Waals surface area contributed by atoms with E-state index in [1.807, 2.05) is 17.0 Å². The van der Waals surface area contributed by atoms with Crippen molar-refractivity contribution in [2.24, 2.45) is 5.73 Å². The van der Waals surface area contributed by atoms with Gasteiger partial charge in [-0.2, -0.15) is 0 Å². The van der Waals surface area contributed by atoms with Crippen molar-refractivity contribution in [2.75, 3.05) is 31.1 Å². The van der Waals surface area contributed by atoms with Gasteiger partial charge in [0.2, 0.25) is 5.91 Å². The molecule has 0 aromatic heterocycles. The number of amides is 1. The van der Waals surface area contributed by atoms with Crippen LogP contribution in [-0.4, -0.2) is 32.1 Å². The number of piperidine rings is 1. The Morgan fingerprint density at radius 3 is 2.78 bits per heavy atom. The first-order valence-corrected chi connectivity index (χ1v) is 6.57. The Balaban J connectivity index is 2.03. The minimum absolute atomic E-state index is 0.0258. The van der Waals surface area contributed by atoms with Crippen molar-refractivity contribution in [2.45, 2.75) is 18.3 Å². The quantitative estimate of drug-likeness (QED) is 0.762. The number of carbonyl (C=O) groups excluding carboxylic acids is 1. The van der Waals surface area contributed by atoms with Crippen LogP contribution in [-0.2, 0) is 10.2 Å². The molecule has 1 saturated heterocycles. The van der Waals surface area contributed by atoms with Gasteiger partial charge in [-0.05, 0) is 37.6 Å². The molecule has 1 fully saturated rings.